The molecule has 1 N–H and O–H groups in total. The van der Waals surface area contributed by atoms with Gasteiger partial charge in [-0.05, 0) is 84.5 Å². The molecule has 4 rings (SSSR count). The van der Waals surface area contributed by atoms with Crippen LogP contribution in [-0.2, 0) is 0 Å². The Kier molecular flexibility index (Phi) is 7.06. The first-order chi connectivity index (χ1) is 15.2. The van der Waals surface area contributed by atoms with E-state index >= 15 is 0 Å². The van der Waals surface area contributed by atoms with Crippen molar-refractivity contribution in [2.75, 3.05) is 26.2 Å². The van der Waals surface area contributed by atoms with Crippen LogP contribution in [0.25, 0.3) is 11.1 Å². The number of hydrogen-bond donors (Lipinski definition) is 1. The van der Waals surface area contributed by atoms with Crippen LogP contribution in [0.4, 0.5) is 0 Å². The second kappa shape index (κ2) is 10.3. The van der Waals surface area contributed by atoms with Crippen LogP contribution in [-0.4, -0.2) is 36.2 Å². The molecule has 0 atom stereocenters. The largest absolute Gasteiger partial charge is 0.508 e. The second-order valence-electron chi connectivity index (χ2n) is 8.04. The lowest BCUT2D eigenvalue weighted by atomic mass is 9.88. The van der Waals surface area contributed by atoms with Gasteiger partial charge in [0.15, 0.2) is 0 Å². The minimum Gasteiger partial charge on any atom is -0.508 e. The molecule has 160 valence electrons. The predicted octanol–water partition coefficient (Wildman–Crippen LogP) is 6.24. The molecule has 0 aliphatic carbocycles. The van der Waals surface area contributed by atoms with Crippen LogP contribution in [0.1, 0.15) is 42.9 Å². The molecule has 0 amide bonds. The highest BCUT2D eigenvalue weighted by atomic mass is 16.5. The van der Waals surface area contributed by atoms with Gasteiger partial charge in [-0.15, -0.1) is 0 Å². The Bertz CT molecular complexity index is 985. The highest BCUT2D eigenvalue weighted by Gasteiger charge is 2.14. The lowest BCUT2D eigenvalue weighted by Crippen LogP contribution is -2.25. The fourth-order valence-corrected chi connectivity index (χ4v) is 4.32. The molecule has 31 heavy (non-hydrogen) atoms. The Morgan fingerprint density at radius 1 is 0.806 bits per heavy atom. The van der Waals surface area contributed by atoms with Gasteiger partial charge in [-0.2, -0.15) is 0 Å². The van der Waals surface area contributed by atoms with E-state index in [-0.39, 0.29) is 5.75 Å². The summed E-state index contributed by atoms with van der Waals surface area (Å²) in [5.41, 5.74) is 5.95. The standard InChI is InChI=1S/C28H31NO2/c1-2-27(22-8-4-3-5-9-22)28(23-10-14-25(30)15-11-23)24-12-16-26(17-13-24)31-21-20-29-18-6-7-19-29/h3-5,8-17,30H,2,6-7,18-21H2,1H3. The van der Waals surface area contributed by atoms with Gasteiger partial charge in [-0.1, -0.05) is 61.5 Å². The van der Waals surface area contributed by atoms with E-state index in [0.717, 1.165) is 36.4 Å². The molecule has 0 bridgehead atoms. The number of rotatable bonds is 8. The van der Waals surface area contributed by atoms with Crippen LogP contribution in [0.3, 0.4) is 0 Å². The van der Waals surface area contributed by atoms with Crippen molar-refractivity contribution in [3.8, 4) is 11.5 Å². The number of likely N-dealkylation sites (tertiary alicyclic amines) is 1. The molecule has 0 spiro atoms. The average molecular weight is 414 g/mol. The fraction of sp³-hybridized carbons (Fsp3) is 0.286. The third-order valence-corrected chi connectivity index (χ3v) is 5.95. The minimum absolute atomic E-state index is 0.280. The lowest BCUT2D eigenvalue weighted by Gasteiger charge is -2.17. The Hall–Kier alpha value is -3.04. The molecule has 3 aromatic carbocycles. The first-order valence-electron chi connectivity index (χ1n) is 11.3. The van der Waals surface area contributed by atoms with Crippen LogP contribution in [0.5, 0.6) is 11.5 Å². The molecule has 3 nitrogen and oxygen atoms in total. The Morgan fingerprint density at radius 3 is 2.03 bits per heavy atom. The second-order valence-corrected chi connectivity index (χ2v) is 8.04. The van der Waals surface area contributed by atoms with Gasteiger partial charge in [-0.3, -0.25) is 4.90 Å². The van der Waals surface area contributed by atoms with Gasteiger partial charge in [-0.25, -0.2) is 0 Å². The Labute approximate surface area is 185 Å². The third-order valence-electron chi connectivity index (χ3n) is 5.95. The Balaban J connectivity index is 1.62. The van der Waals surface area contributed by atoms with Crippen LogP contribution in [0, 0.1) is 0 Å². The van der Waals surface area contributed by atoms with Crippen molar-refractivity contribution in [3.05, 3.63) is 95.6 Å². The zero-order chi connectivity index (χ0) is 21.5. The summed E-state index contributed by atoms with van der Waals surface area (Å²) >= 11 is 0. The molecule has 0 aromatic heterocycles. The summed E-state index contributed by atoms with van der Waals surface area (Å²) in [6.45, 7) is 6.31. The van der Waals surface area contributed by atoms with E-state index in [1.807, 2.05) is 18.2 Å². The van der Waals surface area contributed by atoms with Crippen molar-refractivity contribution < 1.29 is 9.84 Å². The third kappa shape index (κ3) is 5.36. The summed E-state index contributed by atoms with van der Waals surface area (Å²) in [5, 5.41) is 9.78. The van der Waals surface area contributed by atoms with Gasteiger partial charge in [0.05, 0.1) is 0 Å². The maximum Gasteiger partial charge on any atom is 0.119 e. The van der Waals surface area contributed by atoms with Crippen LogP contribution < -0.4 is 4.74 Å². The van der Waals surface area contributed by atoms with E-state index in [1.54, 1.807) is 12.1 Å². The maximum absolute atomic E-state index is 9.78. The monoisotopic (exact) mass is 413 g/mol. The molecule has 1 heterocycles. The van der Waals surface area contributed by atoms with Crippen molar-refractivity contribution in [1.82, 2.24) is 4.90 Å². The highest BCUT2D eigenvalue weighted by molar-refractivity contribution is 5.98. The number of aromatic hydroxyl groups is 1. The van der Waals surface area contributed by atoms with Crippen LogP contribution in [0.15, 0.2) is 78.9 Å². The predicted molar refractivity (Wildman–Crippen MR) is 128 cm³/mol. The normalized spacial score (nSPS) is 15.0. The summed E-state index contributed by atoms with van der Waals surface area (Å²) < 4.78 is 6.00. The van der Waals surface area contributed by atoms with E-state index in [4.69, 9.17) is 4.74 Å². The summed E-state index contributed by atoms with van der Waals surface area (Å²) in [6.07, 6.45) is 3.53. The van der Waals surface area contributed by atoms with Gasteiger partial charge < -0.3 is 9.84 Å². The fourth-order valence-electron chi connectivity index (χ4n) is 4.32. The van der Waals surface area contributed by atoms with E-state index in [1.165, 1.54) is 42.6 Å². The number of phenolic OH excluding ortho intramolecular Hbond substituents is 1. The molecule has 0 saturated carbocycles. The SMILES string of the molecule is CCC(=C(c1ccc(O)cc1)c1ccc(OCCN2CCCC2)cc1)c1ccccc1. The van der Waals surface area contributed by atoms with Crippen LogP contribution >= 0.6 is 0 Å². The first-order valence-corrected chi connectivity index (χ1v) is 11.3. The number of hydrogen-bond acceptors (Lipinski definition) is 3. The first kappa shape index (κ1) is 21.2. The molecule has 0 unspecified atom stereocenters. The molecule has 0 radical (unpaired) electrons. The van der Waals surface area contributed by atoms with Crippen molar-refractivity contribution in [1.29, 1.82) is 0 Å². The molecule has 1 fully saturated rings. The van der Waals surface area contributed by atoms with E-state index in [9.17, 15) is 5.11 Å². The van der Waals surface area contributed by atoms with Gasteiger partial charge >= 0.3 is 0 Å². The number of nitrogens with zero attached hydrogens (tertiary/aromatic N) is 1. The van der Waals surface area contributed by atoms with Crippen molar-refractivity contribution in [2.24, 2.45) is 0 Å². The van der Waals surface area contributed by atoms with Gasteiger partial charge in [0, 0.05) is 6.54 Å². The summed E-state index contributed by atoms with van der Waals surface area (Å²) in [7, 11) is 0. The van der Waals surface area contributed by atoms with Gasteiger partial charge in [0.25, 0.3) is 0 Å². The molecule has 3 heteroatoms. The summed E-state index contributed by atoms with van der Waals surface area (Å²) in [5.74, 6) is 1.19. The Morgan fingerprint density at radius 2 is 1.42 bits per heavy atom. The minimum atomic E-state index is 0.280. The maximum atomic E-state index is 9.78. The summed E-state index contributed by atoms with van der Waals surface area (Å²) in [4.78, 5) is 2.47. The summed E-state index contributed by atoms with van der Waals surface area (Å²) in [6, 6.07) is 26.4. The van der Waals surface area contributed by atoms with Gasteiger partial charge in [0.2, 0.25) is 0 Å². The quantitative estimate of drug-likeness (QED) is 0.444. The highest BCUT2D eigenvalue weighted by Crippen LogP contribution is 2.35. The van der Waals surface area contributed by atoms with E-state index < -0.39 is 0 Å². The lowest BCUT2D eigenvalue weighted by molar-refractivity contribution is 0.238. The number of ether oxygens (including phenoxy) is 1. The zero-order valence-corrected chi connectivity index (χ0v) is 18.3. The topological polar surface area (TPSA) is 32.7 Å². The van der Waals surface area contributed by atoms with Gasteiger partial charge in [0.1, 0.15) is 18.1 Å². The molecular weight excluding hydrogens is 382 g/mol. The van der Waals surface area contributed by atoms with Crippen LogP contribution in [0.2, 0.25) is 0 Å². The smallest absolute Gasteiger partial charge is 0.119 e. The average Bonchev–Trinajstić information content (AvgIpc) is 3.33. The van der Waals surface area contributed by atoms with E-state index in [0.29, 0.717) is 0 Å². The van der Waals surface area contributed by atoms with Crippen molar-refractivity contribution in [2.45, 2.75) is 26.2 Å². The number of phenols is 1. The van der Waals surface area contributed by atoms with E-state index in [2.05, 4.69) is 60.4 Å². The molecule has 3 aromatic rings. The number of benzene rings is 3. The molecular formula is C28H31NO2. The van der Waals surface area contributed by atoms with Crippen molar-refractivity contribution in [3.63, 3.8) is 0 Å². The van der Waals surface area contributed by atoms with Crippen molar-refractivity contribution >= 4 is 11.1 Å². The number of allylic oxidation sites excluding steroid dienone is 1. The zero-order valence-electron chi connectivity index (χ0n) is 18.3. The molecule has 1 aliphatic heterocycles. The molecule has 1 saturated heterocycles. The molecule has 1 aliphatic rings.